The van der Waals surface area contributed by atoms with Crippen molar-refractivity contribution in [1.29, 1.82) is 0 Å². The average Bonchev–Trinajstić information content (AvgIpc) is 3.15. The molecule has 2 aliphatic rings. The van der Waals surface area contributed by atoms with Crippen molar-refractivity contribution in [2.75, 3.05) is 13.2 Å². The first-order valence-corrected chi connectivity index (χ1v) is 7.07. The number of hydrogen-bond acceptors (Lipinski definition) is 5. The van der Waals surface area contributed by atoms with Crippen molar-refractivity contribution in [1.82, 2.24) is 5.32 Å². The number of nitrogens with zero attached hydrogens (tertiary/aromatic N) is 2. The number of urea groups is 1. The highest BCUT2D eigenvalue weighted by molar-refractivity contribution is 6.08. The van der Waals surface area contributed by atoms with Gasteiger partial charge in [-0.1, -0.05) is 6.08 Å². The quantitative estimate of drug-likeness (QED) is 0.223. The Morgan fingerprint density at radius 3 is 2.87 bits per heavy atom. The van der Waals surface area contributed by atoms with Crippen LogP contribution in [0.15, 0.2) is 29.9 Å². The second-order valence-corrected chi connectivity index (χ2v) is 5.51. The molecule has 2 aliphatic heterocycles. The molecule has 0 aromatic carbocycles. The number of allylic oxidation sites excluding steroid dienone is 1. The molecule has 1 spiro atoms. The highest BCUT2D eigenvalue weighted by Crippen LogP contribution is 2.50. The van der Waals surface area contributed by atoms with Crippen LogP contribution in [0, 0.1) is 0 Å². The number of carbonyl (C=O) groups excluding carboxylic acids is 2. The topological polar surface area (TPSA) is 119 Å². The summed E-state index contributed by atoms with van der Waals surface area (Å²) in [5, 5.41) is 30.3. The lowest BCUT2D eigenvalue weighted by molar-refractivity contribution is -0.707. The van der Waals surface area contributed by atoms with Gasteiger partial charge in [-0.05, 0) is 6.42 Å². The molecule has 4 N–H and O–H groups in total. The van der Waals surface area contributed by atoms with Gasteiger partial charge in [0, 0.05) is 12.5 Å². The van der Waals surface area contributed by atoms with Gasteiger partial charge in [-0.3, -0.25) is 4.79 Å². The molecule has 0 radical (unpaired) electrons. The minimum Gasteiger partial charge on any atom is -0.394 e. The molecular weight excluding hydrogens is 309 g/mol. The zero-order valence-electron chi connectivity index (χ0n) is 12.4. The Bertz CT molecular complexity index is 593. The molecule has 1 fully saturated rings. The molecule has 0 bridgehead atoms. The number of aliphatic hydroxyl groups is 3. The van der Waals surface area contributed by atoms with Crippen LogP contribution in [0.1, 0.15) is 12.8 Å². The van der Waals surface area contributed by atoms with E-state index in [9.17, 15) is 24.2 Å². The Kier molecular flexibility index (Phi) is 4.76. The number of aliphatic imine (C=N–C) groups is 1. The molecule has 2 heterocycles. The van der Waals surface area contributed by atoms with E-state index in [1.807, 2.05) is 0 Å². The number of rotatable bonds is 6. The van der Waals surface area contributed by atoms with Gasteiger partial charge in [0.25, 0.3) is 0 Å². The number of alkyl halides is 1. The molecule has 9 heteroatoms. The van der Waals surface area contributed by atoms with Gasteiger partial charge in [0.2, 0.25) is 5.91 Å². The Hall–Kier alpha value is -1.94. The highest BCUT2D eigenvalue weighted by atomic mass is 19.2. The summed E-state index contributed by atoms with van der Waals surface area (Å²) in [4.78, 5) is 27.3. The largest absolute Gasteiger partial charge is 0.452 e. The number of amides is 3. The Labute approximate surface area is 131 Å². The summed E-state index contributed by atoms with van der Waals surface area (Å²) in [7, 11) is 0. The molecule has 4 atom stereocenters. The molecule has 126 valence electrons. The number of nitrogens with one attached hydrogen (secondary N) is 1. The van der Waals surface area contributed by atoms with Gasteiger partial charge in [0.15, 0.2) is 12.6 Å². The van der Waals surface area contributed by atoms with Gasteiger partial charge in [0.05, 0.1) is 6.61 Å². The average molecular weight is 328 g/mol. The lowest BCUT2D eigenvalue weighted by atomic mass is 10.1. The van der Waals surface area contributed by atoms with E-state index in [-0.39, 0.29) is 18.2 Å². The zero-order chi connectivity index (χ0) is 17.3. The molecule has 3 unspecified atom stereocenters. The van der Waals surface area contributed by atoms with Crippen LogP contribution >= 0.6 is 0 Å². The molecule has 0 saturated carbocycles. The summed E-state index contributed by atoms with van der Waals surface area (Å²) in [6.45, 7) is 2.25. The molecule has 3 amide bonds. The van der Waals surface area contributed by atoms with Gasteiger partial charge in [-0.2, -0.15) is 8.87 Å². The van der Waals surface area contributed by atoms with E-state index in [1.54, 1.807) is 6.08 Å². The second kappa shape index (κ2) is 6.28. The van der Waals surface area contributed by atoms with Crippen molar-refractivity contribution in [3.05, 3.63) is 24.9 Å². The van der Waals surface area contributed by atoms with Crippen molar-refractivity contribution >= 4 is 17.8 Å². The van der Waals surface area contributed by atoms with Crippen LogP contribution in [0.3, 0.4) is 0 Å². The maximum atomic E-state index is 14.7. The summed E-state index contributed by atoms with van der Waals surface area (Å²) in [5.74, 6) is -2.82. The van der Waals surface area contributed by atoms with Crippen LogP contribution in [0.2, 0.25) is 0 Å². The summed E-state index contributed by atoms with van der Waals surface area (Å²) in [6, 6.07) is -0.904. The third kappa shape index (κ3) is 2.95. The molecular formula is C14H19FN3O5+. The van der Waals surface area contributed by atoms with Crippen LogP contribution in [0.5, 0.6) is 0 Å². The number of carbonyl (C=O) groups is 2. The highest BCUT2D eigenvalue weighted by Gasteiger charge is 2.80. The Morgan fingerprint density at radius 1 is 1.61 bits per heavy atom. The second-order valence-electron chi connectivity index (χ2n) is 5.51. The first kappa shape index (κ1) is 17.4. The normalized spacial score (nSPS) is 31.5. The monoisotopic (exact) mass is 328 g/mol. The van der Waals surface area contributed by atoms with Crippen LogP contribution in [0.4, 0.5) is 9.18 Å². The maximum Gasteiger partial charge on any atom is 0.452 e. The summed E-state index contributed by atoms with van der Waals surface area (Å²) >= 11 is 0. The van der Waals surface area contributed by atoms with E-state index in [2.05, 4.69) is 16.9 Å². The van der Waals surface area contributed by atoms with E-state index in [0.29, 0.717) is 6.42 Å². The Morgan fingerprint density at radius 2 is 2.30 bits per heavy atom. The van der Waals surface area contributed by atoms with E-state index >= 15 is 0 Å². The van der Waals surface area contributed by atoms with Crippen molar-refractivity contribution in [3.63, 3.8) is 0 Å². The number of quaternary nitrogens is 1. The summed E-state index contributed by atoms with van der Waals surface area (Å²) < 4.78 is 13.8. The maximum absolute atomic E-state index is 14.7. The number of hydrogen-bond donors (Lipinski definition) is 4. The van der Waals surface area contributed by atoms with Gasteiger partial charge in [-0.25, -0.2) is 4.79 Å². The summed E-state index contributed by atoms with van der Waals surface area (Å²) in [6.07, 6.45) is 1.03. The van der Waals surface area contributed by atoms with Gasteiger partial charge in [0.1, 0.15) is 18.1 Å². The summed E-state index contributed by atoms with van der Waals surface area (Å²) in [5.41, 5.74) is 0. The molecule has 2 rings (SSSR count). The third-order valence-electron chi connectivity index (χ3n) is 3.92. The molecule has 0 aromatic heterocycles. The standard InChI is InChI=1S/C14H18FN3O5/c1-2-3-4-11(21)16-10-5-6-18(13(23)17-10)8-14(18,15)12(22)9(20)7-19/h2,5-6,9,12,19-20,22H,1,3-4,7-8H2/p+1/t9-,12?,14?,18?/m1/s1. The first-order chi connectivity index (χ1) is 10.8. The van der Waals surface area contributed by atoms with Crippen molar-refractivity contribution in [2.45, 2.75) is 30.8 Å². The van der Waals surface area contributed by atoms with Crippen molar-refractivity contribution in [3.8, 4) is 0 Å². The molecule has 0 aliphatic carbocycles. The van der Waals surface area contributed by atoms with E-state index in [0.717, 1.165) is 0 Å². The van der Waals surface area contributed by atoms with Crippen LogP contribution in [0.25, 0.3) is 0 Å². The molecule has 23 heavy (non-hydrogen) atoms. The zero-order valence-corrected chi connectivity index (χ0v) is 12.4. The number of halogens is 1. The van der Waals surface area contributed by atoms with Gasteiger partial charge in [-0.15, -0.1) is 11.6 Å². The molecule has 1 saturated heterocycles. The number of amidine groups is 1. The first-order valence-electron chi connectivity index (χ1n) is 7.07. The lowest BCUT2D eigenvalue weighted by Gasteiger charge is -2.22. The predicted molar refractivity (Wildman–Crippen MR) is 77.6 cm³/mol. The Balaban J connectivity index is 2.06. The van der Waals surface area contributed by atoms with Crippen molar-refractivity contribution in [2.24, 2.45) is 4.99 Å². The van der Waals surface area contributed by atoms with Gasteiger partial charge < -0.3 is 20.6 Å². The SMILES string of the molecule is C=CCCC(=O)NC1=NC(=O)[N+]2(C=C1)CC2(F)C(O)[C@H](O)CO. The minimum absolute atomic E-state index is 0.0146. The van der Waals surface area contributed by atoms with Crippen molar-refractivity contribution < 1.29 is 33.8 Å². The fourth-order valence-electron chi connectivity index (χ4n) is 2.44. The van der Waals surface area contributed by atoms with Crippen LogP contribution < -0.4 is 5.32 Å². The minimum atomic E-state index is -2.45. The molecule has 8 nitrogen and oxygen atoms in total. The molecule has 0 aromatic rings. The lowest BCUT2D eigenvalue weighted by Crippen LogP contribution is -2.48. The third-order valence-corrected chi connectivity index (χ3v) is 3.92. The van der Waals surface area contributed by atoms with Crippen LogP contribution in [-0.4, -0.2) is 68.7 Å². The van der Waals surface area contributed by atoms with E-state index < -0.39 is 41.7 Å². The fraction of sp³-hybridized carbons (Fsp3) is 0.500. The predicted octanol–water partition coefficient (Wildman–Crippen LogP) is -0.675. The number of aliphatic hydroxyl groups excluding tert-OH is 3. The van der Waals surface area contributed by atoms with Gasteiger partial charge >= 0.3 is 11.8 Å². The van der Waals surface area contributed by atoms with Crippen LogP contribution in [-0.2, 0) is 4.79 Å². The van der Waals surface area contributed by atoms with E-state index in [4.69, 9.17) is 5.11 Å². The smallest absolute Gasteiger partial charge is 0.394 e. The van der Waals surface area contributed by atoms with E-state index in [1.165, 1.54) is 12.3 Å². The fourth-order valence-corrected chi connectivity index (χ4v) is 2.44.